The third kappa shape index (κ3) is 4.28. The predicted octanol–water partition coefficient (Wildman–Crippen LogP) is 0.632. The number of aromatic nitrogens is 5. The van der Waals surface area contributed by atoms with Crippen LogP contribution in [0.25, 0.3) is 0 Å². The molecule has 3 aliphatic rings. The normalized spacial score (nSPS) is 20.9. The molecule has 0 unspecified atom stereocenters. The highest BCUT2D eigenvalue weighted by atomic mass is 32.2. The number of hydrogen-bond acceptors (Lipinski definition) is 8. The van der Waals surface area contributed by atoms with Gasteiger partial charge in [0.15, 0.2) is 5.69 Å². The summed E-state index contributed by atoms with van der Waals surface area (Å²) in [6.07, 6.45) is 5.81. The number of aryl methyl sites for hydroxylation is 2. The van der Waals surface area contributed by atoms with E-state index in [2.05, 4.69) is 36.9 Å². The smallest absolute Gasteiger partial charge is 0.263 e. The number of carbonyl (C=O) groups excluding carboxylic acids is 1. The van der Waals surface area contributed by atoms with Gasteiger partial charge in [-0.3, -0.25) is 19.3 Å². The number of anilines is 1. The van der Waals surface area contributed by atoms with Crippen molar-refractivity contribution in [2.75, 3.05) is 11.4 Å². The van der Waals surface area contributed by atoms with Crippen LogP contribution in [-0.4, -0.2) is 68.1 Å². The molecular weight excluding hydrogens is 494 g/mol. The van der Waals surface area contributed by atoms with Crippen LogP contribution in [0.4, 0.5) is 5.69 Å². The molecule has 1 N–H and O–H groups in total. The van der Waals surface area contributed by atoms with Gasteiger partial charge in [0, 0.05) is 31.4 Å². The Morgan fingerprint density at radius 3 is 2.73 bits per heavy atom. The Bertz CT molecular complexity index is 1710. The fraction of sp³-hybridized carbons (Fsp3) is 0.375. The van der Waals surface area contributed by atoms with Gasteiger partial charge < -0.3 is 0 Å². The van der Waals surface area contributed by atoms with Crippen molar-refractivity contribution in [1.29, 1.82) is 0 Å². The maximum atomic E-state index is 13.9. The Balaban J connectivity index is 1.46. The van der Waals surface area contributed by atoms with Gasteiger partial charge in [0.1, 0.15) is 6.04 Å². The molecule has 1 fully saturated rings. The van der Waals surface area contributed by atoms with Crippen LogP contribution in [0.5, 0.6) is 0 Å². The van der Waals surface area contributed by atoms with E-state index in [1.165, 1.54) is 40.2 Å². The number of sulfonamides is 1. The molecule has 2 aromatic heterocycles. The minimum atomic E-state index is -3.92. The number of guanidine groups is 1. The summed E-state index contributed by atoms with van der Waals surface area (Å²) >= 11 is 0. The van der Waals surface area contributed by atoms with Crippen molar-refractivity contribution in [3.63, 3.8) is 0 Å². The molecule has 1 aliphatic carbocycles. The Hall–Kier alpha value is -4.02. The molecule has 4 heterocycles. The zero-order valence-electron chi connectivity index (χ0n) is 22.4. The van der Waals surface area contributed by atoms with Gasteiger partial charge in [-0.25, -0.2) is 18.1 Å². The molecular formula is C24H25N9O3S. The number of nitrogens with one attached hydrogen (secondary N) is 1. The predicted molar refractivity (Wildman–Crippen MR) is 134 cm³/mol. The summed E-state index contributed by atoms with van der Waals surface area (Å²) in [6, 6.07) is 3.72. The number of hydrogen-bond donors (Lipinski definition) is 1. The molecule has 1 amide bonds. The first-order chi connectivity index (χ1) is 18.4. The Kier molecular flexibility index (Phi) is 4.71. The molecule has 0 saturated heterocycles. The number of fused-ring (bicyclic) bond motifs is 3. The van der Waals surface area contributed by atoms with Gasteiger partial charge in [0.05, 0.1) is 44.3 Å². The fourth-order valence-electron chi connectivity index (χ4n) is 4.25. The maximum absolute atomic E-state index is 13.9. The van der Waals surface area contributed by atoms with Gasteiger partial charge >= 0.3 is 0 Å². The van der Waals surface area contributed by atoms with Gasteiger partial charge in [0.2, 0.25) is 16.0 Å². The summed E-state index contributed by atoms with van der Waals surface area (Å²) in [6.45, 7) is -0.359. The third-order valence-corrected chi connectivity index (χ3v) is 8.03. The first-order valence-corrected chi connectivity index (χ1v) is 13.1. The van der Waals surface area contributed by atoms with Crippen molar-refractivity contribution < 1.29 is 16.0 Å². The third-order valence-electron chi connectivity index (χ3n) is 6.40. The molecule has 0 spiro atoms. The molecule has 6 rings (SSSR count). The SMILES string of the molecule is [2H]C([2H])(c1cnn(C)c1)N1C(=O)c2cc(S(=O)(=O)NC3(C)CC3)ccc2N2C1=NC[C@H]2C#Cc1cnn(C)n1. The Morgan fingerprint density at radius 2 is 2.05 bits per heavy atom. The molecule has 0 bridgehead atoms. The Labute approximate surface area is 216 Å². The summed E-state index contributed by atoms with van der Waals surface area (Å²) < 4.78 is 48.3. The van der Waals surface area contributed by atoms with E-state index in [9.17, 15) is 13.2 Å². The number of amides is 1. The van der Waals surface area contributed by atoms with E-state index >= 15 is 0 Å². The largest absolute Gasteiger partial charge is 0.295 e. The molecule has 13 heteroatoms. The van der Waals surface area contributed by atoms with Gasteiger partial charge in [-0.05, 0) is 43.9 Å². The van der Waals surface area contributed by atoms with E-state index in [0.717, 1.165) is 17.7 Å². The zero-order chi connectivity index (χ0) is 27.7. The highest BCUT2D eigenvalue weighted by Gasteiger charge is 2.44. The quantitative estimate of drug-likeness (QED) is 0.488. The van der Waals surface area contributed by atoms with Crippen LogP contribution in [0.1, 0.15) is 44.1 Å². The Morgan fingerprint density at radius 1 is 1.24 bits per heavy atom. The molecule has 37 heavy (non-hydrogen) atoms. The second-order valence-corrected chi connectivity index (χ2v) is 11.2. The van der Waals surface area contributed by atoms with Crippen molar-refractivity contribution >= 4 is 27.6 Å². The molecule has 2 aliphatic heterocycles. The lowest BCUT2D eigenvalue weighted by molar-refractivity contribution is 0.0833. The van der Waals surface area contributed by atoms with Crippen molar-refractivity contribution in [2.45, 2.75) is 42.7 Å². The van der Waals surface area contributed by atoms with E-state index in [1.807, 2.05) is 6.92 Å². The average molecular weight is 522 g/mol. The van der Waals surface area contributed by atoms with Crippen LogP contribution in [-0.2, 0) is 30.6 Å². The number of benzene rings is 1. The molecule has 1 atom stereocenters. The molecule has 190 valence electrons. The molecule has 12 nitrogen and oxygen atoms in total. The van der Waals surface area contributed by atoms with Crippen LogP contribution in [0.15, 0.2) is 46.7 Å². The first-order valence-electron chi connectivity index (χ1n) is 12.6. The highest BCUT2D eigenvalue weighted by Crippen LogP contribution is 2.38. The standard InChI is InChI=1S/C24H25N9O3S/c1-24(8-9-24)29-37(35,36)19-6-7-21-20(10-19)22(34)32(15-16-11-26-30(2)14-16)23-25-13-18(33(21)23)5-4-17-12-27-31(3)28-17/h6-7,10-12,14,18,29H,8-9,13,15H2,1-3H3/t18-/m1/s1/i15D2. The average Bonchev–Trinajstić information content (AvgIpc) is 3.25. The minimum Gasteiger partial charge on any atom is -0.295 e. The van der Waals surface area contributed by atoms with E-state index in [0.29, 0.717) is 11.4 Å². The summed E-state index contributed by atoms with van der Waals surface area (Å²) in [5.74, 6) is 5.43. The zero-order valence-corrected chi connectivity index (χ0v) is 21.2. The number of aliphatic imine (C=N–C) groups is 1. The monoisotopic (exact) mass is 521 g/mol. The second-order valence-electron chi connectivity index (χ2n) is 9.52. The van der Waals surface area contributed by atoms with E-state index in [4.69, 9.17) is 2.74 Å². The fourth-order valence-corrected chi connectivity index (χ4v) is 5.74. The second kappa shape index (κ2) is 8.25. The molecule has 0 radical (unpaired) electrons. The number of rotatable bonds is 5. The van der Waals surface area contributed by atoms with Crippen molar-refractivity contribution in [3.8, 4) is 11.8 Å². The van der Waals surface area contributed by atoms with E-state index in [1.54, 1.807) is 25.1 Å². The topological polar surface area (TPSA) is 131 Å². The summed E-state index contributed by atoms with van der Waals surface area (Å²) in [4.78, 5) is 22.4. The molecule has 1 aromatic carbocycles. The maximum Gasteiger partial charge on any atom is 0.263 e. The summed E-state index contributed by atoms with van der Waals surface area (Å²) in [7, 11) is -0.591. The van der Waals surface area contributed by atoms with Gasteiger partial charge in [0.25, 0.3) is 5.91 Å². The number of carbonyl (C=O) groups is 1. The van der Waals surface area contributed by atoms with Crippen LogP contribution in [0.3, 0.4) is 0 Å². The van der Waals surface area contributed by atoms with Crippen LogP contribution >= 0.6 is 0 Å². The van der Waals surface area contributed by atoms with Crippen molar-refractivity contribution in [3.05, 3.63) is 53.6 Å². The first kappa shape index (κ1) is 21.1. The van der Waals surface area contributed by atoms with Crippen molar-refractivity contribution in [2.24, 2.45) is 19.1 Å². The van der Waals surface area contributed by atoms with E-state index in [-0.39, 0.29) is 28.5 Å². The lowest BCUT2D eigenvalue weighted by Gasteiger charge is -2.37. The van der Waals surface area contributed by atoms with Gasteiger partial charge in [-0.2, -0.15) is 15.0 Å². The minimum absolute atomic E-state index is 0.0266. The lowest BCUT2D eigenvalue weighted by atomic mass is 10.1. The van der Waals surface area contributed by atoms with Crippen LogP contribution in [0, 0.1) is 11.8 Å². The van der Waals surface area contributed by atoms with E-state index < -0.39 is 34.0 Å². The van der Waals surface area contributed by atoms with Gasteiger partial charge in [-0.15, -0.1) is 5.10 Å². The van der Waals surface area contributed by atoms with Crippen LogP contribution in [0.2, 0.25) is 0 Å². The number of nitrogens with zero attached hydrogens (tertiary/aromatic N) is 8. The lowest BCUT2D eigenvalue weighted by Crippen LogP contribution is -2.52. The molecule has 1 saturated carbocycles. The van der Waals surface area contributed by atoms with Crippen molar-refractivity contribution in [1.82, 2.24) is 34.4 Å². The summed E-state index contributed by atoms with van der Waals surface area (Å²) in [5, 5.41) is 12.2. The van der Waals surface area contributed by atoms with Crippen LogP contribution < -0.4 is 9.62 Å². The highest BCUT2D eigenvalue weighted by molar-refractivity contribution is 7.89. The summed E-state index contributed by atoms with van der Waals surface area (Å²) in [5.41, 5.74) is 0.509. The van der Waals surface area contributed by atoms with Gasteiger partial charge in [-0.1, -0.05) is 5.92 Å². The molecule has 3 aromatic rings.